The van der Waals surface area contributed by atoms with Gasteiger partial charge in [-0.05, 0) is 38.5 Å². The van der Waals surface area contributed by atoms with Crippen molar-refractivity contribution in [3.8, 4) is 0 Å². The summed E-state index contributed by atoms with van der Waals surface area (Å²) in [5.74, 6) is -1.91. The van der Waals surface area contributed by atoms with Crippen molar-refractivity contribution >= 4 is 17.7 Å². The minimum atomic E-state index is -2.91. The smallest absolute Gasteiger partial charge is 0.332 e. The molecule has 1 aliphatic heterocycles. The highest BCUT2D eigenvalue weighted by molar-refractivity contribution is 5.70. The van der Waals surface area contributed by atoms with Gasteiger partial charge in [-0.1, -0.05) is 13.8 Å². The van der Waals surface area contributed by atoms with Crippen molar-refractivity contribution in [2.45, 2.75) is 64.9 Å². The molecule has 1 N–H and O–H groups in total. The van der Waals surface area contributed by atoms with Crippen molar-refractivity contribution < 1.29 is 23.0 Å². The van der Waals surface area contributed by atoms with Crippen LogP contribution < -0.4 is 10.2 Å². The highest BCUT2D eigenvalue weighted by Crippen LogP contribution is 2.44. The predicted octanol–water partition coefficient (Wildman–Crippen LogP) is 3.52. The number of rotatable bonds is 9. The van der Waals surface area contributed by atoms with Gasteiger partial charge in [-0.2, -0.15) is 13.8 Å². The Balaban J connectivity index is 1.68. The number of halogens is 2. The molecule has 2 heterocycles. The van der Waals surface area contributed by atoms with Crippen LogP contribution in [0.25, 0.3) is 0 Å². The van der Waals surface area contributed by atoms with Crippen molar-refractivity contribution in [3.63, 3.8) is 0 Å². The second-order valence-electron chi connectivity index (χ2n) is 8.31. The number of nitrogens with one attached hydrogen (secondary N) is 1. The SMILES string of the molecule is CCOC(=O)COC1CCN(c2nc(NCCC(C)C)nc3c2CCC3(F)F)CC1. The molecule has 9 heteroatoms. The van der Waals surface area contributed by atoms with Gasteiger partial charge in [0.15, 0.2) is 0 Å². The van der Waals surface area contributed by atoms with E-state index in [-0.39, 0.29) is 43.2 Å². The van der Waals surface area contributed by atoms with Crippen LogP contribution in [0.4, 0.5) is 20.5 Å². The summed E-state index contributed by atoms with van der Waals surface area (Å²) in [5, 5.41) is 3.12. The number of carbonyl (C=O) groups is 1. The van der Waals surface area contributed by atoms with E-state index >= 15 is 0 Å². The number of anilines is 2. The number of hydrogen-bond donors (Lipinski definition) is 1. The van der Waals surface area contributed by atoms with E-state index in [0.29, 0.717) is 56.4 Å². The fourth-order valence-corrected chi connectivity index (χ4v) is 3.84. The van der Waals surface area contributed by atoms with E-state index in [1.54, 1.807) is 6.92 Å². The first-order valence-electron chi connectivity index (χ1n) is 10.9. The minimum Gasteiger partial charge on any atom is -0.464 e. The highest BCUT2D eigenvalue weighted by Gasteiger charge is 2.44. The zero-order valence-corrected chi connectivity index (χ0v) is 18.0. The van der Waals surface area contributed by atoms with E-state index in [9.17, 15) is 13.6 Å². The Hall–Kier alpha value is -2.03. The minimum absolute atomic E-state index is 0.0504. The molecule has 3 rings (SSSR count). The summed E-state index contributed by atoms with van der Waals surface area (Å²) in [5.41, 5.74) is 0.417. The number of esters is 1. The molecule has 168 valence electrons. The molecule has 0 atom stereocenters. The zero-order chi connectivity index (χ0) is 21.7. The maximum atomic E-state index is 14.4. The van der Waals surface area contributed by atoms with Gasteiger partial charge in [0, 0.05) is 31.6 Å². The lowest BCUT2D eigenvalue weighted by Crippen LogP contribution is -2.39. The summed E-state index contributed by atoms with van der Waals surface area (Å²) < 4.78 is 39.4. The average Bonchev–Trinajstić information content (AvgIpc) is 3.01. The van der Waals surface area contributed by atoms with Crippen molar-refractivity contribution in [1.82, 2.24) is 9.97 Å². The van der Waals surface area contributed by atoms with Crippen LogP contribution in [0.15, 0.2) is 0 Å². The number of piperidine rings is 1. The van der Waals surface area contributed by atoms with Crippen molar-refractivity contribution in [2.24, 2.45) is 5.92 Å². The maximum absolute atomic E-state index is 14.4. The summed E-state index contributed by atoms with van der Waals surface area (Å²) in [7, 11) is 0. The van der Waals surface area contributed by atoms with Crippen LogP contribution in [-0.2, 0) is 26.6 Å². The molecule has 1 aromatic rings. The van der Waals surface area contributed by atoms with E-state index in [0.717, 1.165) is 6.42 Å². The van der Waals surface area contributed by atoms with Gasteiger partial charge in [-0.25, -0.2) is 9.78 Å². The van der Waals surface area contributed by atoms with E-state index in [2.05, 4.69) is 29.1 Å². The number of ether oxygens (including phenoxy) is 2. The van der Waals surface area contributed by atoms with Crippen molar-refractivity contribution in [3.05, 3.63) is 11.3 Å². The van der Waals surface area contributed by atoms with Crippen LogP contribution in [0, 0.1) is 5.92 Å². The summed E-state index contributed by atoms with van der Waals surface area (Å²) in [6, 6.07) is 0. The lowest BCUT2D eigenvalue weighted by Gasteiger charge is -2.33. The fourth-order valence-electron chi connectivity index (χ4n) is 3.84. The first-order chi connectivity index (χ1) is 14.3. The van der Waals surface area contributed by atoms with Crippen LogP contribution in [0.5, 0.6) is 0 Å². The number of aromatic nitrogens is 2. The zero-order valence-electron chi connectivity index (χ0n) is 18.0. The molecule has 0 aromatic carbocycles. The van der Waals surface area contributed by atoms with Crippen LogP contribution in [0.3, 0.4) is 0 Å². The van der Waals surface area contributed by atoms with Gasteiger partial charge in [-0.3, -0.25) is 0 Å². The molecule has 1 fully saturated rings. The Morgan fingerprint density at radius 1 is 1.30 bits per heavy atom. The molecule has 0 spiro atoms. The molecule has 1 aliphatic carbocycles. The Kier molecular flexibility index (Phi) is 7.44. The van der Waals surface area contributed by atoms with Crippen LogP contribution in [-0.4, -0.2) is 54.9 Å². The van der Waals surface area contributed by atoms with Gasteiger partial charge in [-0.15, -0.1) is 0 Å². The van der Waals surface area contributed by atoms with Crippen LogP contribution in [0.1, 0.15) is 57.7 Å². The van der Waals surface area contributed by atoms with Gasteiger partial charge >= 0.3 is 5.97 Å². The topological polar surface area (TPSA) is 76.6 Å². The predicted molar refractivity (Wildman–Crippen MR) is 110 cm³/mol. The highest BCUT2D eigenvalue weighted by atomic mass is 19.3. The van der Waals surface area contributed by atoms with Gasteiger partial charge in [0.05, 0.1) is 12.7 Å². The molecule has 0 bridgehead atoms. The molecule has 0 amide bonds. The standard InChI is InChI=1S/C21H32F2N4O3/c1-4-29-17(28)13-30-15-7-11-27(12-8-15)19-16-5-9-21(22,23)18(16)25-20(26-19)24-10-6-14(2)3/h14-15H,4-13H2,1-3H3,(H,24,25,26). The number of hydrogen-bond acceptors (Lipinski definition) is 7. The average molecular weight is 427 g/mol. The second kappa shape index (κ2) is 9.85. The molecule has 7 nitrogen and oxygen atoms in total. The molecule has 2 aliphatic rings. The normalized spacial score (nSPS) is 18.5. The van der Waals surface area contributed by atoms with Gasteiger partial charge in [0.2, 0.25) is 5.95 Å². The van der Waals surface area contributed by atoms with E-state index < -0.39 is 5.92 Å². The third-order valence-corrected chi connectivity index (χ3v) is 5.51. The summed E-state index contributed by atoms with van der Waals surface area (Å²) >= 11 is 0. The van der Waals surface area contributed by atoms with Crippen molar-refractivity contribution in [2.75, 3.05) is 43.1 Å². The molecular formula is C21H32F2N4O3. The van der Waals surface area contributed by atoms with Crippen LogP contribution >= 0.6 is 0 Å². The molecule has 0 saturated carbocycles. The Morgan fingerprint density at radius 3 is 2.70 bits per heavy atom. The fraction of sp³-hybridized carbons (Fsp3) is 0.762. The third kappa shape index (κ3) is 5.56. The third-order valence-electron chi connectivity index (χ3n) is 5.51. The molecule has 30 heavy (non-hydrogen) atoms. The Labute approximate surface area is 176 Å². The Bertz CT molecular complexity index is 737. The number of carbonyl (C=O) groups excluding carboxylic acids is 1. The lowest BCUT2D eigenvalue weighted by molar-refractivity contribution is -0.150. The second-order valence-corrected chi connectivity index (χ2v) is 8.31. The van der Waals surface area contributed by atoms with Crippen LogP contribution in [0.2, 0.25) is 0 Å². The summed E-state index contributed by atoms with van der Waals surface area (Å²) in [6.07, 6.45) is 2.32. The first kappa shape index (κ1) is 22.7. The number of alkyl halides is 2. The van der Waals surface area contributed by atoms with E-state index in [1.165, 1.54) is 0 Å². The molecular weight excluding hydrogens is 394 g/mol. The molecule has 0 unspecified atom stereocenters. The maximum Gasteiger partial charge on any atom is 0.332 e. The first-order valence-corrected chi connectivity index (χ1v) is 10.9. The van der Waals surface area contributed by atoms with Gasteiger partial charge < -0.3 is 19.7 Å². The van der Waals surface area contributed by atoms with E-state index in [4.69, 9.17) is 9.47 Å². The van der Waals surface area contributed by atoms with E-state index in [1.807, 2.05) is 4.90 Å². The largest absolute Gasteiger partial charge is 0.464 e. The lowest BCUT2D eigenvalue weighted by atomic mass is 10.1. The van der Waals surface area contributed by atoms with Crippen molar-refractivity contribution in [1.29, 1.82) is 0 Å². The molecule has 1 aromatic heterocycles. The number of fused-ring (bicyclic) bond motifs is 1. The Morgan fingerprint density at radius 2 is 2.03 bits per heavy atom. The monoisotopic (exact) mass is 426 g/mol. The van der Waals surface area contributed by atoms with Gasteiger partial charge in [0.1, 0.15) is 18.1 Å². The quantitative estimate of drug-likeness (QED) is 0.606. The molecule has 1 saturated heterocycles. The molecule has 0 radical (unpaired) electrons. The van der Waals surface area contributed by atoms with Gasteiger partial charge in [0.25, 0.3) is 5.92 Å². The number of nitrogens with zero attached hydrogens (tertiary/aromatic N) is 3. The summed E-state index contributed by atoms with van der Waals surface area (Å²) in [6.45, 7) is 8.16. The summed E-state index contributed by atoms with van der Waals surface area (Å²) in [4.78, 5) is 22.3.